The number of halogens is 1. The van der Waals surface area contributed by atoms with Gasteiger partial charge in [-0.15, -0.1) is 30.6 Å². The van der Waals surface area contributed by atoms with Gasteiger partial charge in [0.05, 0.1) is 6.54 Å². The van der Waals surface area contributed by atoms with Crippen LogP contribution in [0.5, 0.6) is 0 Å². The van der Waals surface area contributed by atoms with E-state index in [4.69, 9.17) is 4.99 Å². The maximum atomic E-state index is 4.71. The fourth-order valence-electron chi connectivity index (χ4n) is 1.89. The molecule has 5 heteroatoms. The Morgan fingerprint density at radius 3 is 2.48 bits per heavy atom. The van der Waals surface area contributed by atoms with E-state index < -0.39 is 0 Å². The van der Waals surface area contributed by atoms with Crippen molar-refractivity contribution in [2.75, 3.05) is 40.3 Å². The predicted octanol–water partition coefficient (Wildman–Crippen LogP) is 3.20. The molecule has 0 spiro atoms. The zero-order valence-electron chi connectivity index (χ0n) is 14.6. The molecule has 21 heavy (non-hydrogen) atoms. The lowest BCUT2D eigenvalue weighted by molar-refractivity contribution is 0.259. The number of nitrogens with zero attached hydrogens (tertiary/aromatic N) is 3. The molecule has 1 atom stereocenters. The van der Waals surface area contributed by atoms with Crippen molar-refractivity contribution in [2.24, 2.45) is 4.99 Å². The normalized spacial score (nSPS) is 12.8. The first-order valence-corrected chi connectivity index (χ1v) is 7.87. The Balaban J connectivity index is 0. The first kappa shape index (κ1) is 23.0. The molecule has 0 aromatic carbocycles. The number of guanidine groups is 1. The number of hydrogen-bond donors (Lipinski definition) is 1. The van der Waals surface area contributed by atoms with E-state index in [9.17, 15) is 0 Å². The summed E-state index contributed by atoms with van der Waals surface area (Å²) in [4.78, 5) is 9.28. The number of aliphatic imine (C=N–C) groups is 1. The van der Waals surface area contributed by atoms with Crippen LogP contribution >= 0.6 is 24.0 Å². The molecule has 1 N–H and O–H groups in total. The zero-order valence-corrected chi connectivity index (χ0v) is 16.9. The van der Waals surface area contributed by atoms with Crippen molar-refractivity contribution in [3.63, 3.8) is 0 Å². The van der Waals surface area contributed by atoms with Crippen LogP contribution in [0.15, 0.2) is 17.6 Å². The third kappa shape index (κ3) is 11.0. The second kappa shape index (κ2) is 14.6. The molecule has 0 rings (SSSR count). The van der Waals surface area contributed by atoms with E-state index in [1.807, 2.05) is 6.08 Å². The summed E-state index contributed by atoms with van der Waals surface area (Å²) < 4.78 is 0. The monoisotopic (exact) mass is 410 g/mol. The average molecular weight is 410 g/mol. The second-order valence-electron chi connectivity index (χ2n) is 5.33. The van der Waals surface area contributed by atoms with E-state index in [1.165, 1.54) is 6.42 Å². The number of likely N-dealkylation sites (N-methyl/N-ethyl adjacent to an activating group) is 1. The lowest BCUT2D eigenvalue weighted by atomic mass is 10.2. The molecule has 0 amide bonds. The van der Waals surface area contributed by atoms with Crippen LogP contribution in [0.1, 0.15) is 40.0 Å². The van der Waals surface area contributed by atoms with Gasteiger partial charge in [-0.05, 0) is 40.2 Å². The van der Waals surface area contributed by atoms with Gasteiger partial charge in [0.1, 0.15) is 0 Å². The minimum atomic E-state index is 0. The molecule has 126 valence electrons. The van der Waals surface area contributed by atoms with Crippen molar-refractivity contribution in [1.29, 1.82) is 0 Å². The largest absolute Gasteiger partial charge is 0.357 e. The maximum absolute atomic E-state index is 4.71. The molecule has 0 radical (unpaired) electrons. The van der Waals surface area contributed by atoms with Gasteiger partial charge in [-0.3, -0.25) is 4.99 Å². The Morgan fingerprint density at radius 1 is 1.29 bits per heavy atom. The minimum Gasteiger partial charge on any atom is -0.357 e. The summed E-state index contributed by atoms with van der Waals surface area (Å²) >= 11 is 0. The number of hydrogen-bond acceptors (Lipinski definition) is 2. The molecule has 0 heterocycles. The molecule has 0 aromatic heterocycles. The zero-order chi connectivity index (χ0) is 15.4. The van der Waals surface area contributed by atoms with Gasteiger partial charge < -0.3 is 15.1 Å². The van der Waals surface area contributed by atoms with Crippen molar-refractivity contribution in [1.82, 2.24) is 15.1 Å². The highest BCUT2D eigenvalue weighted by Gasteiger charge is 2.07. The topological polar surface area (TPSA) is 30.9 Å². The van der Waals surface area contributed by atoms with Crippen molar-refractivity contribution in [3.05, 3.63) is 12.7 Å². The Kier molecular flexibility index (Phi) is 16.0. The van der Waals surface area contributed by atoms with Gasteiger partial charge in [-0.1, -0.05) is 13.0 Å². The summed E-state index contributed by atoms with van der Waals surface area (Å²) in [5.74, 6) is 1.01. The summed E-state index contributed by atoms with van der Waals surface area (Å²) in [6, 6.07) is 0.623. The fraction of sp³-hybridized carbons (Fsp3) is 0.812. The van der Waals surface area contributed by atoms with Gasteiger partial charge in [0, 0.05) is 32.7 Å². The second-order valence-corrected chi connectivity index (χ2v) is 5.33. The number of allylic oxidation sites excluding steroid dienone is 1. The lowest BCUT2D eigenvalue weighted by Crippen LogP contribution is -2.40. The minimum absolute atomic E-state index is 0. The van der Waals surface area contributed by atoms with E-state index in [0.717, 1.165) is 45.0 Å². The molecular formula is C16H35IN4. The van der Waals surface area contributed by atoms with E-state index in [1.54, 1.807) is 0 Å². The highest BCUT2D eigenvalue weighted by molar-refractivity contribution is 14.0. The van der Waals surface area contributed by atoms with Gasteiger partial charge in [0.2, 0.25) is 0 Å². The van der Waals surface area contributed by atoms with Crippen molar-refractivity contribution < 1.29 is 0 Å². The summed E-state index contributed by atoms with van der Waals surface area (Å²) in [6.07, 6.45) is 5.33. The molecule has 0 aromatic rings. The summed E-state index contributed by atoms with van der Waals surface area (Å²) in [5, 5.41) is 3.36. The van der Waals surface area contributed by atoms with Gasteiger partial charge in [-0.25, -0.2) is 0 Å². The van der Waals surface area contributed by atoms with Crippen molar-refractivity contribution >= 4 is 29.9 Å². The molecule has 0 aliphatic carbocycles. The first-order chi connectivity index (χ1) is 9.56. The molecule has 1 unspecified atom stereocenters. The van der Waals surface area contributed by atoms with Crippen LogP contribution in [-0.2, 0) is 0 Å². The molecule has 0 fully saturated rings. The Labute approximate surface area is 149 Å². The lowest BCUT2D eigenvalue weighted by Gasteiger charge is -2.24. The highest BCUT2D eigenvalue weighted by Crippen LogP contribution is 1.99. The Bertz CT molecular complexity index is 281. The van der Waals surface area contributed by atoms with E-state index in [2.05, 4.69) is 56.6 Å². The highest BCUT2D eigenvalue weighted by atomic mass is 127. The molecule has 0 aliphatic heterocycles. The number of unbranched alkanes of at least 4 members (excludes halogenated alkanes) is 1. The predicted molar refractivity (Wildman–Crippen MR) is 106 cm³/mol. The van der Waals surface area contributed by atoms with Gasteiger partial charge in [-0.2, -0.15) is 0 Å². The van der Waals surface area contributed by atoms with E-state index >= 15 is 0 Å². The summed E-state index contributed by atoms with van der Waals surface area (Å²) in [7, 11) is 4.27. The van der Waals surface area contributed by atoms with E-state index in [-0.39, 0.29) is 24.0 Å². The molecule has 4 nitrogen and oxygen atoms in total. The molecule has 0 aliphatic rings. The molecule has 0 saturated heterocycles. The van der Waals surface area contributed by atoms with Crippen LogP contribution in [0, 0.1) is 0 Å². The van der Waals surface area contributed by atoms with Gasteiger partial charge >= 0.3 is 0 Å². The van der Waals surface area contributed by atoms with Crippen LogP contribution in [-0.4, -0.2) is 62.1 Å². The van der Waals surface area contributed by atoms with Crippen LogP contribution in [0.4, 0.5) is 0 Å². The Hall–Kier alpha value is -0.300. The van der Waals surface area contributed by atoms with Gasteiger partial charge in [0.15, 0.2) is 5.96 Å². The Morgan fingerprint density at radius 2 is 1.95 bits per heavy atom. The van der Waals surface area contributed by atoms with Crippen LogP contribution < -0.4 is 5.32 Å². The summed E-state index contributed by atoms with van der Waals surface area (Å²) in [6.45, 7) is 14.1. The quantitative estimate of drug-likeness (QED) is 0.197. The van der Waals surface area contributed by atoms with Crippen molar-refractivity contribution in [2.45, 2.75) is 46.1 Å². The number of nitrogens with one attached hydrogen (secondary N) is 1. The van der Waals surface area contributed by atoms with Crippen LogP contribution in [0.3, 0.4) is 0 Å². The molecule has 0 bridgehead atoms. The van der Waals surface area contributed by atoms with Gasteiger partial charge in [0.25, 0.3) is 0 Å². The van der Waals surface area contributed by atoms with E-state index in [0.29, 0.717) is 6.04 Å². The average Bonchev–Trinajstić information content (AvgIpc) is 2.45. The molecule has 0 saturated carbocycles. The molecular weight excluding hydrogens is 375 g/mol. The summed E-state index contributed by atoms with van der Waals surface area (Å²) in [5.41, 5.74) is 0. The number of rotatable bonds is 10. The standard InChI is InChI=1S/C16H34N4.HI/c1-7-10-11-13-20(6)16(17-9-3)18-12-14-19(5)15(4)8-2;/h7,15H,1,8-14H2,2-6H3,(H,17,18);1H. The SMILES string of the molecule is C=CCCCN(C)C(=NCCN(C)C(C)CC)NCC.I. The smallest absolute Gasteiger partial charge is 0.193 e. The third-order valence-electron chi connectivity index (χ3n) is 3.66. The third-order valence-corrected chi connectivity index (χ3v) is 3.66. The fourth-order valence-corrected chi connectivity index (χ4v) is 1.89. The maximum Gasteiger partial charge on any atom is 0.193 e. The van der Waals surface area contributed by atoms with Crippen LogP contribution in [0.25, 0.3) is 0 Å². The van der Waals surface area contributed by atoms with Crippen LogP contribution in [0.2, 0.25) is 0 Å². The van der Waals surface area contributed by atoms with Crippen molar-refractivity contribution in [3.8, 4) is 0 Å². The first-order valence-electron chi connectivity index (χ1n) is 7.87.